The van der Waals surface area contributed by atoms with E-state index in [1.165, 1.54) is 0 Å². The third kappa shape index (κ3) is 5.10. The van der Waals surface area contributed by atoms with Gasteiger partial charge in [0.2, 0.25) is 0 Å². The first-order valence-electron chi connectivity index (χ1n) is 10.1. The third-order valence-electron chi connectivity index (χ3n) is 4.98. The molecule has 1 aliphatic carbocycles. The van der Waals surface area contributed by atoms with Gasteiger partial charge in [0, 0.05) is 5.92 Å². The normalized spacial score (nSPS) is 14.1. The van der Waals surface area contributed by atoms with Crippen molar-refractivity contribution in [1.29, 1.82) is 0 Å². The van der Waals surface area contributed by atoms with Gasteiger partial charge in [-0.15, -0.1) is 0 Å². The number of hydrogen-bond donors (Lipinski definition) is 2. The summed E-state index contributed by atoms with van der Waals surface area (Å²) < 4.78 is 28.6. The van der Waals surface area contributed by atoms with Gasteiger partial charge in [-0.2, -0.15) is 0 Å². The summed E-state index contributed by atoms with van der Waals surface area (Å²) in [4.78, 5) is 12.4. The fourth-order valence-corrected chi connectivity index (χ4v) is 5.58. The van der Waals surface area contributed by atoms with Crippen molar-refractivity contribution in [2.45, 2.75) is 25.8 Å². The lowest BCUT2D eigenvalue weighted by atomic mass is 9.98. The fourth-order valence-electron chi connectivity index (χ4n) is 3.76. The highest BCUT2D eigenvalue weighted by atomic mass is 31.2. The molecule has 0 fully saturated rings. The molecule has 1 amide bonds. The molecular formula is C22H28NO6P. The standard InChI is InChI=1S/C22H28NO6P/c1-3-28-30(26,29-4-2)15-16(13-24)23-22(25)27-14-21-19-11-7-5-9-17(19)18-10-6-8-12-20(18)21/h5-12,16,21,24H,3-4,13-15H2,1-2H3,(H,23,25). The van der Waals surface area contributed by atoms with Crippen LogP contribution in [0, 0.1) is 0 Å². The van der Waals surface area contributed by atoms with Gasteiger partial charge in [0.1, 0.15) is 6.61 Å². The number of rotatable bonds is 10. The molecule has 1 unspecified atom stereocenters. The first-order chi connectivity index (χ1) is 14.5. The SMILES string of the molecule is CCOP(=O)(CC(CO)NC(=O)OCC1c2ccccc2-c2ccccc21)OCC. The molecule has 0 saturated heterocycles. The molecule has 0 saturated carbocycles. The van der Waals surface area contributed by atoms with Crippen molar-refractivity contribution in [3.63, 3.8) is 0 Å². The van der Waals surface area contributed by atoms with Gasteiger partial charge in [-0.3, -0.25) is 4.57 Å². The van der Waals surface area contributed by atoms with E-state index in [0.29, 0.717) is 0 Å². The molecule has 0 heterocycles. The molecule has 0 spiro atoms. The molecule has 8 heteroatoms. The fraction of sp³-hybridized carbons (Fsp3) is 0.409. The molecule has 30 heavy (non-hydrogen) atoms. The van der Waals surface area contributed by atoms with E-state index in [1.54, 1.807) is 13.8 Å². The van der Waals surface area contributed by atoms with E-state index >= 15 is 0 Å². The second-order valence-electron chi connectivity index (χ2n) is 6.98. The molecule has 2 aromatic carbocycles. The zero-order valence-electron chi connectivity index (χ0n) is 17.2. The van der Waals surface area contributed by atoms with Gasteiger partial charge >= 0.3 is 13.7 Å². The Labute approximate surface area is 176 Å². The number of hydrogen-bond acceptors (Lipinski definition) is 6. The van der Waals surface area contributed by atoms with Crippen molar-refractivity contribution in [2.24, 2.45) is 0 Å². The van der Waals surface area contributed by atoms with Gasteiger partial charge < -0.3 is 24.2 Å². The zero-order valence-corrected chi connectivity index (χ0v) is 18.1. The smallest absolute Gasteiger partial charge is 0.407 e. The Morgan fingerprint density at radius 1 is 1.03 bits per heavy atom. The predicted molar refractivity (Wildman–Crippen MR) is 115 cm³/mol. The Morgan fingerprint density at radius 2 is 1.57 bits per heavy atom. The van der Waals surface area contributed by atoms with Gasteiger partial charge in [0.25, 0.3) is 0 Å². The highest BCUT2D eigenvalue weighted by Crippen LogP contribution is 2.48. The number of carbonyl (C=O) groups is 1. The molecule has 0 radical (unpaired) electrons. The second kappa shape index (κ2) is 10.2. The van der Waals surface area contributed by atoms with E-state index in [2.05, 4.69) is 17.4 Å². The van der Waals surface area contributed by atoms with Crippen LogP contribution in [0.3, 0.4) is 0 Å². The Morgan fingerprint density at radius 3 is 2.07 bits per heavy atom. The topological polar surface area (TPSA) is 94.1 Å². The second-order valence-corrected chi connectivity index (χ2v) is 9.08. The highest BCUT2D eigenvalue weighted by molar-refractivity contribution is 7.53. The average molecular weight is 433 g/mol. The van der Waals surface area contributed by atoms with Gasteiger partial charge in [-0.25, -0.2) is 4.79 Å². The van der Waals surface area contributed by atoms with Crippen molar-refractivity contribution in [3.05, 3.63) is 59.7 Å². The van der Waals surface area contributed by atoms with Crippen LogP contribution in [-0.4, -0.2) is 49.8 Å². The third-order valence-corrected chi connectivity index (χ3v) is 7.17. The van der Waals surface area contributed by atoms with Crippen LogP contribution in [-0.2, 0) is 18.3 Å². The molecule has 2 aromatic rings. The Kier molecular flexibility index (Phi) is 7.67. The summed E-state index contributed by atoms with van der Waals surface area (Å²) in [7, 11) is -3.41. The van der Waals surface area contributed by atoms with Crippen molar-refractivity contribution in [2.75, 3.05) is 32.6 Å². The summed E-state index contributed by atoms with van der Waals surface area (Å²) in [6.45, 7) is 3.58. The number of ether oxygens (including phenoxy) is 1. The summed E-state index contributed by atoms with van der Waals surface area (Å²) in [5.41, 5.74) is 4.51. The Bertz CT molecular complexity index is 863. The van der Waals surface area contributed by atoms with Crippen LogP contribution in [0.15, 0.2) is 48.5 Å². The van der Waals surface area contributed by atoms with E-state index in [9.17, 15) is 14.5 Å². The predicted octanol–water partition coefficient (Wildman–Crippen LogP) is 4.15. The molecule has 3 rings (SSSR count). The summed E-state index contributed by atoms with van der Waals surface area (Å²) in [6, 6.07) is 15.3. The number of fused-ring (bicyclic) bond motifs is 3. The highest BCUT2D eigenvalue weighted by Gasteiger charge is 2.31. The summed E-state index contributed by atoms with van der Waals surface area (Å²) >= 11 is 0. The molecule has 7 nitrogen and oxygen atoms in total. The average Bonchev–Trinajstić information content (AvgIpc) is 3.06. The maximum Gasteiger partial charge on any atom is 0.407 e. The number of alkyl carbamates (subject to hydrolysis) is 1. The van der Waals surface area contributed by atoms with E-state index in [1.807, 2.05) is 36.4 Å². The van der Waals surface area contributed by atoms with Crippen molar-refractivity contribution in [1.82, 2.24) is 5.32 Å². The first-order valence-corrected chi connectivity index (χ1v) is 11.8. The van der Waals surface area contributed by atoms with Crippen LogP contribution in [0.25, 0.3) is 11.1 Å². The first kappa shape index (κ1) is 22.5. The minimum Gasteiger partial charge on any atom is -0.449 e. The summed E-state index contributed by atoms with van der Waals surface area (Å²) in [5, 5.41) is 12.2. The van der Waals surface area contributed by atoms with Crippen LogP contribution in [0.5, 0.6) is 0 Å². The lowest BCUT2D eigenvalue weighted by Crippen LogP contribution is -2.41. The number of nitrogens with one attached hydrogen (secondary N) is 1. The van der Waals surface area contributed by atoms with Crippen molar-refractivity contribution < 1.29 is 28.3 Å². The van der Waals surface area contributed by atoms with Gasteiger partial charge in [-0.1, -0.05) is 48.5 Å². The zero-order chi connectivity index (χ0) is 21.6. The molecule has 2 N–H and O–H groups in total. The number of benzene rings is 2. The van der Waals surface area contributed by atoms with E-state index in [4.69, 9.17) is 13.8 Å². The number of carbonyl (C=O) groups excluding carboxylic acids is 1. The van der Waals surface area contributed by atoms with Gasteiger partial charge in [0.15, 0.2) is 0 Å². The number of aliphatic hydroxyl groups is 1. The molecule has 0 aromatic heterocycles. The largest absolute Gasteiger partial charge is 0.449 e. The lowest BCUT2D eigenvalue weighted by molar-refractivity contribution is 0.133. The molecule has 1 atom stereocenters. The quantitative estimate of drug-likeness (QED) is 0.547. The van der Waals surface area contributed by atoms with Crippen LogP contribution >= 0.6 is 7.60 Å². The van der Waals surface area contributed by atoms with Crippen LogP contribution in [0.2, 0.25) is 0 Å². The maximum atomic E-state index is 12.7. The molecule has 0 aliphatic heterocycles. The van der Waals surface area contributed by atoms with Crippen LogP contribution < -0.4 is 5.32 Å². The van der Waals surface area contributed by atoms with Crippen molar-refractivity contribution in [3.8, 4) is 11.1 Å². The van der Waals surface area contributed by atoms with Gasteiger partial charge in [-0.05, 0) is 36.1 Å². The molecule has 0 bridgehead atoms. The van der Waals surface area contributed by atoms with Gasteiger partial charge in [0.05, 0.1) is 32.0 Å². The summed E-state index contributed by atoms with van der Waals surface area (Å²) in [5.74, 6) is -0.0614. The van der Waals surface area contributed by atoms with E-state index < -0.39 is 26.3 Å². The molecule has 1 aliphatic rings. The number of amides is 1. The van der Waals surface area contributed by atoms with E-state index in [0.717, 1.165) is 22.3 Å². The summed E-state index contributed by atoms with van der Waals surface area (Å²) in [6.07, 6.45) is -0.814. The van der Waals surface area contributed by atoms with Crippen LogP contribution in [0.4, 0.5) is 4.79 Å². The lowest BCUT2D eigenvalue weighted by Gasteiger charge is -2.23. The van der Waals surface area contributed by atoms with Crippen molar-refractivity contribution >= 4 is 13.7 Å². The maximum absolute atomic E-state index is 12.7. The Balaban J connectivity index is 1.63. The molecular weight excluding hydrogens is 405 g/mol. The Hall–Kier alpha value is -2.18. The molecule has 162 valence electrons. The monoisotopic (exact) mass is 433 g/mol. The minimum absolute atomic E-state index is 0.0614. The van der Waals surface area contributed by atoms with Crippen LogP contribution in [0.1, 0.15) is 30.9 Å². The minimum atomic E-state index is -3.41. The van der Waals surface area contributed by atoms with E-state index in [-0.39, 0.29) is 31.9 Å². The number of aliphatic hydroxyl groups excluding tert-OH is 1.